The Kier molecular flexibility index (Phi) is 5.68. The van der Waals surface area contributed by atoms with E-state index in [9.17, 15) is 8.42 Å². The summed E-state index contributed by atoms with van der Waals surface area (Å²) in [5.41, 5.74) is 0.161. The van der Waals surface area contributed by atoms with Crippen molar-refractivity contribution in [1.82, 2.24) is 14.7 Å². The van der Waals surface area contributed by atoms with E-state index in [1.54, 1.807) is 12.1 Å². The summed E-state index contributed by atoms with van der Waals surface area (Å²) in [6.07, 6.45) is 5.53. The van der Waals surface area contributed by atoms with Gasteiger partial charge in [0.2, 0.25) is 15.7 Å². The largest absolute Gasteiger partial charge is 0.472 e. The molecule has 1 aliphatic rings. The van der Waals surface area contributed by atoms with Crippen molar-refractivity contribution in [1.29, 1.82) is 5.26 Å². The molecule has 1 N–H and O–H groups in total. The van der Waals surface area contributed by atoms with Crippen LogP contribution < -0.4 is 9.46 Å². The molecule has 1 fully saturated rings. The molecule has 2 aromatic heterocycles. The molecular formula is C15H15BrN4O3S2. The lowest BCUT2D eigenvalue weighted by molar-refractivity contribution is 0.137. The molecule has 0 aliphatic heterocycles. The third kappa shape index (κ3) is 4.55. The first kappa shape index (κ1) is 18.3. The van der Waals surface area contributed by atoms with Gasteiger partial charge in [0, 0.05) is 18.4 Å². The van der Waals surface area contributed by atoms with Crippen LogP contribution in [0.1, 0.15) is 31.4 Å². The molecule has 132 valence electrons. The molecule has 0 atom stereocenters. The van der Waals surface area contributed by atoms with Crippen LogP contribution in [-0.2, 0) is 10.0 Å². The highest BCUT2D eigenvalue weighted by Gasteiger charge is 2.28. The highest BCUT2D eigenvalue weighted by atomic mass is 79.9. The summed E-state index contributed by atoms with van der Waals surface area (Å²) >= 11 is 4.46. The van der Waals surface area contributed by atoms with Gasteiger partial charge in [0.25, 0.3) is 5.88 Å². The first-order valence-corrected chi connectivity index (χ1v) is 10.7. The van der Waals surface area contributed by atoms with Crippen LogP contribution in [0.2, 0.25) is 0 Å². The first-order valence-electron chi connectivity index (χ1n) is 7.63. The van der Waals surface area contributed by atoms with Crippen molar-refractivity contribution < 1.29 is 13.2 Å². The second kappa shape index (κ2) is 7.78. The maximum absolute atomic E-state index is 12.4. The Labute approximate surface area is 158 Å². The molecular weight excluding hydrogens is 428 g/mol. The van der Waals surface area contributed by atoms with Gasteiger partial charge in [0.15, 0.2) is 0 Å². The SMILES string of the molecule is N#Cc1nccnc1OC1CCC(NS(=O)(=O)c2ccc(Br)s2)CC1. The Morgan fingerprint density at radius 3 is 2.60 bits per heavy atom. The Balaban J connectivity index is 1.56. The van der Waals surface area contributed by atoms with Gasteiger partial charge in [-0.2, -0.15) is 5.26 Å². The average molecular weight is 443 g/mol. The van der Waals surface area contributed by atoms with E-state index < -0.39 is 10.0 Å². The van der Waals surface area contributed by atoms with E-state index in [1.165, 1.54) is 23.7 Å². The Hall–Kier alpha value is -1.54. The average Bonchev–Trinajstić information content (AvgIpc) is 3.04. The Morgan fingerprint density at radius 2 is 1.96 bits per heavy atom. The number of halogens is 1. The molecule has 0 saturated heterocycles. The van der Waals surface area contributed by atoms with Gasteiger partial charge < -0.3 is 4.74 Å². The van der Waals surface area contributed by atoms with E-state index in [4.69, 9.17) is 10.00 Å². The molecule has 0 radical (unpaired) electrons. The van der Waals surface area contributed by atoms with Crippen molar-refractivity contribution in [2.45, 2.75) is 42.0 Å². The zero-order valence-electron chi connectivity index (χ0n) is 13.1. The van der Waals surface area contributed by atoms with Gasteiger partial charge in [0.05, 0.1) is 3.79 Å². The number of nitrogens with zero attached hydrogens (tertiary/aromatic N) is 3. The zero-order valence-corrected chi connectivity index (χ0v) is 16.3. The monoisotopic (exact) mass is 442 g/mol. The van der Waals surface area contributed by atoms with Crippen LogP contribution in [0, 0.1) is 11.3 Å². The van der Waals surface area contributed by atoms with Crippen LogP contribution >= 0.6 is 27.3 Å². The quantitative estimate of drug-likeness (QED) is 0.762. The summed E-state index contributed by atoms with van der Waals surface area (Å²) in [5, 5.41) is 9.02. The summed E-state index contributed by atoms with van der Waals surface area (Å²) < 4.78 is 34.3. The molecule has 7 nitrogen and oxygen atoms in total. The molecule has 0 bridgehead atoms. The molecule has 2 heterocycles. The summed E-state index contributed by atoms with van der Waals surface area (Å²) in [6, 6.07) is 5.14. The minimum Gasteiger partial charge on any atom is -0.472 e. The molecule has 0 aromatic carbocycles. The van der Waals surface area contributed by atoms with Gasteiger partial charge in [-0.15, -0.1) is 11.3 Å². The predicted molar refractivity (Wildman–Crippen MR) is 95.8 cm³/mol. The second-order valence-electron chi connectivity index (χ2n) is 5.59. The van der Waals surface area contributed by atoms with Crippen LogP contribution in [0.4, 0.5) is 0 Å². The van der Waals surface area contributed by atoms with E-state index in [1.807, 2.05) is 6.07 Å². The van der Waals surface area contributed by atoms with Gasteiger partial charge in [-0.1, -0.05) is 0 Å². The maximum atomic E-state index is 12.4. The molecule has 10 heteroatoms. The first-order chi connectivity index (χ1) is 12.0. The fraction of sp³-hybridized carbons (Fsp3) is 0.400. The Bertz CT molecular complexity index is 886. The van der Waals surface area contributed by atoms with Crippen molar-refractivity contribution in [2.75, 3.05) is 0 Å². The molecule has 3 rings (SSSR count). The smallest absolute Gasteiger partial charge is 0.251 e. The topological polar surface area (TPSA) is 105 Å². The molecule has 0 amide bonds. The van der Waals surface area contributed by atoms with Gasteiger partial charge in [0.1, 0.15) is 16.4 Å². The van der Waals surface area contributed by atoms with Crippen LogP contribution in [0.5, 0.6) is 5.88 Å². The van der Waals surface area contributed by atoms with Gasteiger partial charge in [-0.25, -0.2) is 23.1 Å². The summed E-state index contributed by atoms with van der Waals surface area (Å²) in [4.78, 5) is 7.96. The van der Waals surface area contributed by atoms with Crippen molar-refractivity contribution in [2.24, 2.45) is 0 Å². The maximum Gasteiger partial charge on any atom is 0.251 e. The van der Waals surface area contributed by atoms with Crippen molar-refractivity contribution >= 4 is 37.3 Å². The number of sulfonamides is 1. The third-order valence-electron chi connectivity index (χ3n) is 3.86. The van der Waals surface area contributed by atoms with Crippen LogP contribution in [-0.4, -0.2) is 30.5 Å². The van der Waals surface area contributed by atoms with Crippen LogP contribution in [0.25, 0.3) is 0 Å². The molecule has 1 aliphatic carbocycles. The standard InChI is InChI=1S/C15H15BrN4O3S2/c16-13-5-6-14(24-13)25(21,22)20-10-1-3-11(4-2-10)23-15-12(9-17)18-7-8-19-15/h5-8,10-11,20H,1-4H2. The molecule has 0 unspecified atom stereocenters. The highest BCUT2D eigenvalue weighted by Crippen LogP contribution is 2.28. The van der Waals surface area contributed by atoms with E-state index in [0.717, 1.165) is 3.79 Å². The van der Waals surface area contributed by atoms with Crippen LogP contribution in [0.3, 0.4) is 0 Å². The van der Waals surface area contributed by atoms with Gasteiger partial charge >= 0.3 is 0 Å². The molecule has 0 spiro atoms. The lowest BCUT2D eigenvalue weighted by Crippen LogP contribution is -2.39. The third-order valence-corrected chi connectivity index (χ3v) is 7.49. The van der Waals surface area contributed by atoms with E-state index in [2.05, 4.69) is 30.6 Å². The van der Waals surface area contributed by atoms with Gasteiger partial charge in [-0.3, -0.25) is 0 Å². The number of hydrogen-bond donors (Lipinski definition) is 1. The van der Waals surface area contributed by atoms with E-state index >= 15 is 0 Å². The zero-order chi connectivity index (χ0) is 17.9. The lowest BCUT2D eigenvalue weighted by Gasteiger charge is -2.28. The number of nitrogens with one attached hydrogen (secondary N) is 1. The van der Waals surface area contributed by atoms with Crippen molar-refractivity contribution in [3.8, 4) is 11.9 Å². The van der Waals surface area contributed by atoms with E-state index in [0.29, 0.717) is 29.9 Å². The second-order valence-corrected chi connectivity index (χ2v) is 10.00. The fourth-order valence-corrected chi connectivity index (χ4v) is 6.00. The summed E-state index contributed by atoms with van der Waals surface area (Å²) in [7, 11) is -3.49. The number of aromatic nitrogens is 2. The van der Waals surface area contributed by atoms with Crippen LogP contribution in [0.15, 0.2) is 32.5 Å². The van der Waals surface area contributed by atoms with Crippen molar-refractivity contribution in [3.63, 3.8) is 0 Å². The lowest BCUT2D eigenvalue weighted by atomic mass is 9.94. The number of hydrogen-bond acceptors (Lipinski definition) is 7. The minimum absolute atomic E-state index is 0.0968. The number of ether oxygens (including phenoxy) is 1. The molecule has 1 saturated carbocycles. The molecule has 2 aromatic rings. The minimum atomic E-state index is -3.49. The van der Waals surface area contributed by atoms with Crippen molar-refractivity contribution in [3.05, 3.63) is 34.0 Å². The Morgan fingerprint density at radius 1 is 1.24 bits per heavy atom. The van der Waals surface area contributed by atoms with Gasteiger partial charge in [-0.05, 0) is 53.7 Å². The number of thiophene rings is 1. The number of nitriles is 1. The normalized spacial score (nSPS) is 20.8. The fourth-order valence-electron chi connectivity index (χ4n) is 2.66. The highest BCUT2D eigenvalue weighted by molar-refractivity contribution is 9.11. The van der Waals surface area contributed by atoms with E-state index in [-0.39, 0.29) is 23.7 Å². The molecule has 25 heavy (non-hydrogen) atoms. The number of rotatable bonds is 5. The predicted octanol–water partition coefficient (Wildman–Crippen LogP) is 2.84. The summed E-state index contributed by atoms with van der Waals surface area (Å²) in [5.74, 6) is 0.234. The summed E-state index contributed by atoms with van der Waals surface area (Å²) in [6.45, 7) is 0.